The number of nitrogens with one attached hydrogen (secondary N) is 1. The van der Waals surface area contributed by atoms with Crippen molar-refractivity contribution in [1.29, 1.82) is 0 Å². The SMILES string of the molecule is CCOC(=O)c1cc(-n2cccn2)c2oc(N3CC4COCC(C3)N4)nc2c1. The fourth-order valence-electron chi connectivity index (χ4n) is 3.81. The summed E-state index contributed by atoms with van der Waals surface area (Å²) in [7, 11) is 0. The van der Waals surface area contributed by atoms with Gasteiger partial charge in [-0.2, -0.15) is 10.1 Å². The Hall–Kier alpha value is -2.91. The Balaban J connectivity index is 1.58. The van der Waals surface area contributed by atoms with Gasteiger partial charge < -0.3 is 24.1 Å². The standard InChI is InChI=1S/C19H21N5O4/c1-2-27-18(25)12-6-15-17(16(7-12)24-5-3-4-20-24)28-19(22-15)23-8-13-10-26-11-14(9-23)21-13/h3-7,13-14,21H,2,8-11H2,1H3. The number of esters is 1. The van der Waals surface area contributed by atoms with Crippen LogP contribution in [-0.2, 0) is 9.47 Å². The molecule has 1 N–H and O–H groups in total. The van der Waals surface area contributed by atoms with Crippen molar-refractivity contribution in [2.75, 3.05) is 37.8 Å². The molecule has 2 bridgehead atoms. The number of carbonyl (C=O) groups excluding carboxylic acids is 1. The van der Waals surface area contributed by atoms with Gasteiger partial charge in [-0.25, -0.2) is 9.48 Å². The summed E-state index contributed by atoms with van der Waals surface area (Å²) in [5.41, 5.74) is 2.27. The normalized spacial score (nSPS) is 21.8. The summed E-state index contributed by atoms with van der Waals surface area (Å²) in [5.74, 6) is -0.392. The van der Waals surface area contributed by atoms with Crippen molar-refractivity contribution >= 4 is 23.1 Å². The van der Waals surface area contributed by atoms with Crippen LogP contribution in [0.15, 0.2) is 35.0 Å². The van der Waals surface area contributed by atoms with Crippen molar-refractivity contribution in [2.24, 2.45) is 0 Å². The van der Waals surface area contributed by atoms with Crippen molar-refractivity contribution in [3.8, 4) is 5.69 Å². The molecule has 28 heavy (non-hydrogen) atoms. The molecule has 4 heterocycles. The van der Waals surface area contributed by atoms with Crippen LogP contribution in [-0.4, -0.2) is 65.7 Å². The zero-order valence-electron chi connectivity index (χ0n) is 15.5. The maximum atomic E-state index is 12.3. The molecule has 9 nitrogen and oxygen atoms in total. The molecule has 9 heteroatoms. The summed E-state index contributed by atoms with van der Waals surface area (Å²) >= 11 is 0. The zero-order valence-corrected chi connectivity index (χ0v) is 15.5. The average Bonchev–Trinajstić information content (AvgIpc) is 3.37. The number of ether oxygens (including phenoxy) is 2. The van der Waals surface area contributed by atoms with Crippen LogP contribution in [0.5, 0.6) is 0 Å². The number of fused-ring (bicyclic) bond motifs is 3. The summed E-state index contributed by atoms with van der Waals surface area (Å²) in [6, 6.07) is 6.30. The number of benzene rings is 1. The highest BCUT2D eigenvalue weighted by Crippen LogP contribution is 2.30. The molecule has 2 unspecified atom stereocenters. The van der Waals surface area contributed by atoms with Gasteiger partial charge in [0.15, 0.2) is 5.58 Å². The Bertz CT molecular complexity index is 987. The van der Waals surface area contributed by atoms with Gasteiger partial charge in [-0.3, -0.25) is 0 Å². The summed E-state index contributed by atoms with van der Waals surface area (Å²) < 4.78 is 18.6. The van der Waals surface area contributed by atoms with Crippen molar-refractivity contribution in [3.05, 3.63) is 36.2 Å². The molecule has 0 saturated carbocycles. The van der Waals surface area contributed by atoms with Crippen LogP contribution in [0, 0.1) is 0 Å². The molecule has 3 aromatic rings. The molecule has 1 aromatic carbocycles. The highest BCUT2D eigenvalue weighted by molar-refractivity contribution is 5.96. The Morgan fingerprint density at radius 2 is 2.14 bits per heavy atom. The third-order valence-electron chi connectivity index (χ3n) is 4.98. The van der Waals surface area contributed by atoms with Crippen LogP contribution < -0.4 is 10.2 Å². The lowest BCUT2D eigenvalue weighted by Gasteiger charge is -2.41. The molecule has 0 radical (unpaired) electrons. The van der Waals surface area contributed by atoms with Gasteiger partial charge in [0, 0.05) is 37.6 Å². The predicted octanol–water partition coefficient (Wildman–Crippen LogP) is 1.37. The molecular formula is C19H21N5O4. The lowest BCUT2D eigenvalue weighted by molar-refractivity contribution is 0.0367. The zero-order chi connectivity index (χ0) is 19.1. The van der Waals surface area contributed by atoms with E-state index in [0.29, 0.717) is 48.2 Å². The number of hydrogen-bond acceptors (Lipinski definition) is 8. The van der Waals surface area contributed by atoms with E-state index in [1.807, 2.05) is 6.07 Å². The largest absolute Gasteiger partial charge is 0.462 e. The predicted molar refractivity (Wildman–Crippen MR) is 101 cm³/mol. The van der Waals surface area contributed by atoms with Gasteiger partial charge in [0.2, 0.25) is 0 Å². The fraction of sp³-hybridized carbons (Fsp3) is 0.421. The Labute approximate surface area is 161 Å². The number of nitrogens with zero attached hydrogens (tertiary/aromatic N) is 4. The second kappa shape index (κ2) is 6.92. The van der Waals surface area contributed by atoms with E-state index in [4.69, 9.17) is 13.9 Å². The summed E-state index contributed by atoms with van der Waals surface area (Å²) in [5, 5.41) is 7.83. The fourth-order valence-corrected chi connectivity index (χ4v) is 3.81. The molecule has 2 aliphatic heterocycles. The van der Waals surface area contributed by atoms with Crippen molar-refractivity contribution in [1.82, 2.24) is 20.1 Å². The number of aromatic nitrogens is 3. The first-order valence-electron chi connectivity index (χ1n) is 9.41. The van der Waals surface area contributed by atoms with Gasteiger partial charge in [-0.15, -0.1) is 0 Å². The van der Waals surface area contributed by atoms with Crippen molar-refractivity contribution in [2.45, 2.75) is 19.0 Å². The summed E-state index contributed by atoms with van der Waals surface area (Å²) in [6.45, 7) is 4.96. The topological polar surface area (TPSA) is 94.7 Å². The third-order valence-corrected chi connectivity index (χ3v) is 4.98. The smallest absolute Gasteiger partial charge is 0.338 e. The molecule has 5 rings (SSSR count). The molecule has 2 saturated heterocycles. The van der Waals surface area contributed by atoms with Crippen LogP contribution >= 0.6 is 0 Å². The van der Waals surface area contributed by atoms with E-state index in [9.17, 15) is 4.79 Å². The third kappa shape index (κ3) is 3.02. The van der Waals surface area contributed by atoms with Gasteiger partial charge in [-0.1, -0.05) is 0 Å². The Morgan fingerprint density at radius 3 is 2.86 bits per heavy atom. The Kier molecular flexibility index (Phi) is 4.25. The molecule has 2 aliphatic rings. The van der Waals surface area contributed by atoms with E-state index in [0.717, 1.165) is 13.1 Å². The van der Waals surface area contributed by atoms with E-state index >= 15 is 0 Å². The molecular weight excluding hydrogens is 362 g/mol. The second-order valence-electron chi connectivity index (χ2n) is 7.01. The number of anilines is 1. The summed E-state index contributed by atoms with van der Waals surface area (Å²) in [4.78, 5) is 19.1. The number of hydrogen-bond donors (Lipinski definition) is 1. The first-order chi connectivity index (χ1) is 13.7. The van der Waals surface area contributed by atoms with Crippen molar-refractivity contribution in [3.63, 3.8) is 0 Å². The van der Waals surface area contributed by atoms with Gasteiger partial charge in [0.1, 0.15) is 11.2 Å². The van der Waals surface area contributed by atoms with E-state index in [2.05, 4.69) is 20.3 Å². The van der Waals surface area contributed by atoms with Crippen LogP contribution in [0.1, 0.15) is 17.3 Å². The van der Waals surface area contributed by atoms with Gasteiger partial charge in [0.05, 0.1) is 25.4 Å². The molecule has 146 valence electrons. The number of piperazine rings is 1. The molecule has 0 amide bonds. The van der Waals surface area contributed by atoms with Crippen molar-refractivity contribution < 1.29 is 18.7 Å². The molecule has 2 aromatic heterocycles. The number of morpholine rings is 1. The highest BCUT2D eigenvalue weighted by Gasteiger charge is 2.33. The van der Waals surface area contributed by atoms with E-state index in [1.165, 1.54) is 0 Å². The first-order valence-corrected chi connectivity index (χ1v) is 9.41. The van der Waals surface area contributed by atoms with Crippen LogP contribution in [0.3, 0.4) is 0 Å². The number of oxazole rings is 1. The quantitative estimate of drug-likeness (QED) is 0.675. The lowest BCUT2D eigenvalue weighted by Crippen LogP contribution is -2.63. The van der Waals surface area contributed by atoms with Gasteiger partial charge in [0.25, 0.3) is 6.01 Å². The van der Waals surface area contributed by atoms with Gasteiger partial charge in [-0.05, 0) is 25.1 Å². The van der Waals surface area contributed by atoms with E-state index in [-0.39, 0.29) is 12.1 Å². The molecule has 2 fully saturated rings. The Morgan fingerprint density at radius 1 is 1.32 bits per heavy atom. The monoisotopic (exact) mass is 383 g/mol. The minimum atomic E-state index is -0.392. The van der Waals surface area contributed by atoms with Gasteiger partial charge >= 0.3 is 5.97 Å². The minimum absolute atomic E-state index is 0.253. The number of carbonyl (C=O) groups is 1. The summed E-state index contributed by atoms with van der Waals surface area (Å²) in [6.07, 6.45) is 3.48. The maximum Gasteiger partial charge on any atom is 0.338 e. The first kappa shape index (κ1) is 17.2. The highest BCUT2D eigenvalue weighted by atomic mass is 16.5. The van der Waals surface area contributed by atoms with E-state index < -0.39 is 5.97 Å². The van der Waals surface area contributed by atoms with E-state index in [1.54, 1.807) is 36.1 Å². The molecule has 0 aliphatic carbocycles. The van der Waals surface area contributed by atoms with Crippen LogP contribution in [0.4, 0.5) is 6.01 Å². The van der Waals surface area contributed by atoms with Crippen LogP contribution in [0.25, 0.3) is 16.8 Å². The molecule has 2 atom stereocenters. The maximum absolute atomic E-state index is 12.3. The second-order valence-corrected chi connectivity index (χ2v) is 7.01. The molecule has 0 spiro atoms. The van der Waals surface area contributed by atoms with Crippen LogP contribution in [0.2, 0.25) is 0 Å². The minimum Gasteiger partial charge on any atom is -0.462 e. The average molecular weight is 383 g/mol. The number of rotatable bonds is 4. The lowest BCUT2D eigenvalue weighted by atomic mass is 10.1.